The molecule has 2 aromatic carbocycles. The zero-order valence-corrected chi connectivity index (χ0v) is 16.8. The molecule has 0 bridgehead atoms. The number of benzene rings is 2. The topological polar surface area (TPSA) is 43.3 Å². The molecule has 0 aliphatic rings. The normalized spacial score (nSPS) is 10.9. The van der Waals surface area contributed by atoms with Gasteiger partial charge in [0.05, 0.1) is 23.9 Å². The van der Waals surface area contributed by atoms with Crippen LogP contribution in [0, 0.1) is 6.92 Å². The van der Waals surface area contributed by atoms with E-state index >= 15 is 0 Å². The van der Waals surface area contributed by atoms with Crippen molar-refractivity contribution in [1.82, 2.24) is 9.88 Å². The average molecular weight is 391 g/mol. The zero-order valence-electron chi connectivity index (χ0n) is 15.9. The van der Waals surface area contributed by atoms with Gasteiger partial charge >= 0.3 is 0 Å². The SMILES string of the molecule is COc1ccccc1Cn1c(C(=O)NCc2cccc(C)c2)cc2sccc21. The molecule has 4 nitrogen and oxygen atoms in total. The monoisotopic (exact) mass is 390 g/mol. The summed E-state index contributed by atoms with van der Waals surface area (Å²) in [4.78, 5) is 13.0. The molecule has 0 spiro atoms. The number of ether oxygens (including phenoxy) is 1. The van der Waals surface area contributed by atoms with Gasteiger partial charge in [-0.1, -0.05) is 48.0 Å². The first-order valence-corrected chi connectivity index (χ1v) is 10.1. The first kappa shape index (κ1) is 18.3. The van der Waals surface area contributed by atoms with Gasteiger partial charge < -0.3 is 14.6 Å². The van der Waals surface area contributed by atoms with Crippen LogP contribution in [-0.2, 0) is 13.1 Å². The summed E-state index contributed by atoms with van der Waals surface area (Å²) in [5.74, 6) is 0.755. The number of aryl methyl sites for hydroxylation is 1. The van der Waals surface area contributed by atoms with Crippen molar-refractivity contribution in [2.45, 2.75) is 20.0 Å². The van der Waals surface area contributed by atoms with Crippen molar-refractivity contribution < 1.29 is 9.53 Å². The molecule has 0 saturated carbocycles. The number of carbonyl (C=O) groups excluding carboxylic acids is 1. The van der Waals surface area contributed by atoms with Gasteiger partial charge in [-0.15, -0.1) is 11.3 Å². The third-order valence-electron chi connectivity index (χ3n) is 4.81. The number of nitrogens with zero attached hydrogens (tertiary/aromatic N) is 1. The van der Waals surface area contributed by atoms with E-state index in [1.165, 1.54) is 5.56 Å². The van der Waals surface area contributed by atoms with Crippen LogP contribution >= 0.6 is 11.3 Å². The molecule has 0 atom stereocenters. The van der Waals surface area contributed by atoms with E-state index in [1.54, 1.807) is 18.4 Å². The van der Waals surface area contributed by atoms with E-state index in [0.717, 1.165) is 27.1 Å². The van der Waals surface area contributed by atoms with Gasteiger partial charge in [0.15, 0.2) is 0 Å². The fraction of sp³-hybridized carbons (Fsp3) is 0.174. The molecule has 142 valence electrons. The minimum absolute atomic E-state index is 0.0696. The van der Waals surface area contributed by atoms with Crippen LogP contribution in [0.4, 0.5) is 0 Å². The van der Waals surface area contributed by atoms with Crippen LogP contribution in [0.25, 0.3) is 10.2 Å². The predicted molar refractivity (Wildman–Crippen MR) is 114 cm³/mol. The van der Waals surface area contributed by atoms with Crippen LogP contribution in [0.2, 0.25) is 0 Å². The molecular weight excluding hydrogens is 368 g/mol. The molecule has 28 heavy (non-hydrogen) atoms. The van der Waals surface area contributed by atoms with Crippen molar-refractivity contribution in [2.24, 2.45) is 0 Å². The summed E-state index contributed by atoms with van der Waals surface area (Å²) in [7, 11) is 1.67. The van der Waals surface area contributed by atoms with Crippen molar-refractivity contribution in [3.8, 4) is 5.75 Å². The predicted octanol–water partition coefficient (Wildman–Crippen LogP) is 5.00. The molecule has 1 amide bonds. The summed E-state index contributed by atoms with van der Waals surface area (Å²) in [6, 6.07) is 20.1. The Hall–Kier alpha value is -3.05. The molecule has 0 aliphatic heterocycles. The van der Waals surface area contributed by atoms with Crippen LogP contribution in [0.15, 0.2) is 66.0 Å². The van der Waals surface area contributed by atoms with Gasteiger partial charge in [-0.05, 0) is 36.1 Å². The van der Waals surface area contributed by atoms with Gasteiger partial charge in [-0.3, -0.25) is 4.79 Å². The lowest BCUT2D eigenvalue weighted by Crippen LogP contribution is -2.25. The average Bonchev–Trinajstić information content (AvgIpc) is 3.29. The van der Waals surface area contributed by atoms with Gasteiger partial charge in [0, 0.05) is 12.1 Å². The number of thiophene rings is 1. The Morgan fingerprint density at radius 3 is 2.79 bits per heavy atom. The number of amides is 1. The Morgan fingerprint density at radius 2 is 1.96 bits per heavy atom. The number of aromatic nitrogens is 1. The number of carbonyl (C=O) groups is 1. The summed E-state index contributed by atoms with van der Waals surface area (Å²) in [5, 5.41) is 5.12. The highest BCUT2D eigenvalue weighted by molar-refractivity contribution is 7.17. The second-order valence-corrected chi connectivity index (χ2v) is 7.72. The van der Waals surface area contributed by atoms with Crippen LogP contribution in [0.5, 0.6) is 5.75 Å². The molecule has 0 radical (unpaired) electrons. The van der Waals surface area contributed by atoms with E-state index in [4.69, 9.17) is 4.74 Å². The maximum absolute atomic E-state index is 13.0. The quantitative estimate of drug-likeness (QED) is 0.504. The maximum atomic E-state index is 13.0. The first-order chi connectivity index (χ1) is 13.7. The summed E-state index contributed by atoms with van der Waals surface area (Å²) in [6.45, 7) is 3.14. The van der Waals surface area contributed by atoms with Crippen molar-refractivity contribution in [1.29, 1.82) is 0 Å². The minimum Gasteiger partial charge on any atom is -0.496 e. The van der Waals surface area contributed by atoms with Crippen LogP contribution in [0.1, 0.15) is 27.2 Å². The standard InChI is InChI=1S/C23H22N2O2S/c1-16-6-5-7-17(12-16)14-24-23(26)20-13-22-19(10-11-28-22)25(20)15-18-8-3-4-9-21(18)27-2/h3-13H,14-15H2,1-2H3,(H,24,26). The van der Waals surface area contributed by atoms with Gasteiger partial charge in [0.1, 0.15) is 11.4 Å². The lowest BCUT2D eigenvalue weighted by molar-refractivity contribution is 0.0942. The number of hydrogen-bond acceptors (Lipinski definition) is 3. The molecule has 0 unspecified atom stereocenters. The molecule has 0 aliphatic carbocycles. The number of para-hydroxylation sites is 1. The molecule has 4 rings (SSSR count). The smallest absolute Gasteiger partial charge is 0.268 e. The van der Waals surface area contributed by atoms with E-state index in [9.17, 15) is 4.79 Å². The number of nitrogens with one attached hydrogen (secondary N) is 1. The Bertz CT molecular complexity index is 1130. The molecule has 5 heteroatoms. The molecule has 4 aromatic rings. The number of hydrogen-bond donors (Lipinski definition) is 1. The highest BCUT2D eigenvalue weighted by Gasteiger charge is 2.17. The summed E-state index contributed by atoms with van der Waals surface area (Å²) < 4.78 is 8.67. The van der Waals surface area contributed by atoms with Crippen LogP contribution < -0.4 is 10.1 Å². The first-order valence-electron chi connectivity index (χ1n) is 9.18. The number of rotatable bonds is 6. The van der Waals surface area contributed by atoms with E-state index < -0.39 is 0 Å². The second-order valence-electron chi connectivity index (χ2n) is 6.77. The van der Waals surface area contributed by atoms with Gasteiger partial charge in [0.25, 0.3) is 5.91 Å². The molecular formula is C23H22N2O2S. The van der Waals surface area contributed by atoms with E-state index in [2.05, 4.69) is 40.4 Å². The van der Waals surface area contributed by atoms with Gasteiger partial charge in [-0.25, -0.2) is 0 Å². The Labute approximate surface area is 168 Å². The van der Waals surface area contributed by atoms with Crippen LogP contribution in [-0.4, -0.2) is 17.6 Å². The van der Waals surface area contributed by atoms with Gasteiger partial charge in [0.2, 0.25) is 0 Å². The fourth-order valence-electron chi connectivity index (χ4n) is 3.43. The molecule has 0 saturated heterocycles. The third-order valence-corrected chi connectivity index (χ3v) is 5.67. The van der Waals surface area contributed by atoms with E-state index in [1.807, 2.05) is 42.5 Å². The summed E-state index contributed by atoms with van der Waals surface area (Å²) in [5.41, 5.74) is 5.06. The lowest BCUT2D eigenvalue weighted by Gasteiger charge is -2.13. The minimum atomic E-state index is -0.0696. The molecule has 1 N–H and O–H groups in total. The summed E-state index contributed by atoms with van der Waals surface area (Å²) >= 11 is 1.64. The van der Waals surface area contributed by atoms with E-state index in [0.29, 0.717) is 18.8 Å². The Kier molecular flexibility index (Phi) is 5.17. The molecule has 2 heterocycles. The van der Waals surface area contributed by atoms with Gasteiger partial charge in [-0.2, -0.15) is 0 Å². The van der Waals surface area contributed by atoms with Crippen molar-refractivity contribution >= 4 is 27.5 Å². The Balaban J connectivity index is 1.62. The lowest BCUT2D eigenvalue weighted by atomic mass is 10.1. The highest BCUT2D eigenvalue weighted by Crippen LogP contribution is 2.28. The van der Waals surface area contributed by atoms with Crippen molar-refractivity contribution in [3.05, 3.63) is 88.4 Å². The summed E-state index contributed by atoms with van der Waals surface area (Å²) in [6.07, 6.45) is 0. The van der Waals surface area contributed by atoms with Crippen LogP contribution in [0.3, 0.4) is 0 Å². The number of methoxy groups -OCH3 is 1. The van der Waals surface area contributed by atoms with Crippen molar-refractivity contribution in [3.63, 3.8) is 0 Å². The Morgan fingerprint density at radius 1 is 1.11 bits per heavy atom. The zero-order chi connectivity index (χ0) is 19.5. The van der Waals surface area contributed by atoms with E-state index in [-0.39, 0.29) is 5.91 Å². The molecule has 2 aromatic heterocycles. The van der Waals surface area contributed by atoms with Crippen molar-refractivity contribution in [2.75, 3.05) is 7.11 Å². The second kappa shape index (κ2) is 7.90. The molecule has 0 fully saturated rings. The highest BCUT2D eigenvalue weighted by atomic mass is 32.1. The number of fused-ring (bicyclic) bond motifs is 1. The largest absolute Gasteiger partial charge is 0.496 e. The fourth-order valence-corrected chi connectivity index (χ4v) is 4.26. The third kappa shape index (κ3) is 3.66. The maximum Gasteiger partial charge on any atom is 0.268 e.